The number of hydrogen-bond acceptors (Lipinski definition) is 3. The molecule has 1 fully saturated rings. The van der Waals surface area contributed by atoms with E-state index in [9.17, 15) is 4.79 Å². The van der Waals surface area contributed by atoms with Crippen LogP contribution in [0.3, 0.4) is 0 Å². The summed E-state index contributed by atoms with van der Waals surface area (Å²) in [7, 11) is 0. The molecule has 2 N–H and O–H groups in total. The van der Waals surface area contributed by atoms with Crippen molar-refractivity contribution in [1.29, 1.82) is 0 Å². The van der Waals surface area contributed by atoms with Crippen molar-refractivity contribution in [3.05, 3.63) is 59.4 Å². The molecule has 3 aromatic rings. The van der Waals surface area contributed by atoms with Crippen molar-refractivity contribution in [2.75, 3.05) is 0 Å². The van der Waals surface area contributed by atoms with Gasteiger partial charge in [-0.15, -0.1) is 0 Å². The molecule has 0 saturated heterocycles. The Bertz CT molecular complexity index is 929. The molecule has 4 heteroatoms. The summed E-state index contributed by atoms with van der Waals surface area (Å²) >= 11 is 0. The molecule has 0 bridgehead atoms. The first-order valence-corrected chi connectivity index (χ1v) is 7.80. The lowest BCUT2D eigenvalue weighted by Crippen LogP contribution is -2.14. The van der Waals surface area contributed by atoms with Crippen molar-refractivity contribution >= 4 is 16.8 Å². The fourth-order valence-electron chi connectivity index (χ4n) is 2.98. The van der Waals surface area contributed by atoms with Crippen molar-refractivity contribution in [3.8, 4) is 11.3 Å². The monoisotopic (exact) mass is 303 g/mol. The molecule has 0 unspecified atom stereocenters. The molecular weight excluding hydrogens is 286 g/mol. The number of rotatable bonds is 3. The van der Waals surface area contributed by atoms with Crippen LogP contribution in [0.2, 0.25) is 0 Å². The Morgan fingerprint density at radius 1 is 1.22 bits per heavy atom. The lowest BCUT2D eigenvalue weighted by Gasteiger charge is -2.12. The Kier molecular flexibility index (Phi) is 3.11. The lowest BCUT2D eigenvalue weighted by molar-refractivity contribution is 0.0999. The van der Waals surface area contributed by atoms with E-state index >= 15 is 0 Å². The molecular formula is C19H17N3O. The van der Waals surface area contributed by atoms with Crippen LogP contribution in [0, 0.1) is 6.92 Å². The average Bonchev–Trinajstić information content (AvgIpc) is 3.39. The molecule has 4 nitrogen and oxygen atoms in total. The fourth-order valence-corrected chi connectivity index (χ4v) is 2.98. The van der Waals surface area contributed by atoms with Gasteiger partial charge < -0.3 is 5.73 Å². The van der Waals surface area contributed by atoms with Crippen molar-refractivity contribution in [2.24, 2.45) is 5.73 Å². The lowest BCUT2D eigenvalue weighted by atomic mass is 9.98. The van der Waals surface area contributed by atoms with Gasteiger partial charge in [-0.1, -0.05) is 12.1 Å². The zero-order valence-corrected chi connectivity index (χ0v) is 12.9. The Morgan fingerprint density at radius 3 is 2.78 bits per heavy atom. The molecule has 1 saturated carbocycles. The van der Waals surface area contributed by atoms with Gasteiger partial charge in [0, 0.05) is 34.3 Å². The van der Waals surface area contributed by atoms with Crippen LogP contribution >= 0.6 is 0 Å². The summed E-state index contributed by atoms with van der Waals surface area (Å²) in [4.78, 5) is 21.0. The summed E-state index contributed by atoms with van der Waals surface area (Å²) < 4.78 is 0. The van der Waals surface area contributed by atoms with Crippen LogP contribution in [0.4, 0.5) is 0 Å². The second-order valence-corrected chi connectivity index (χ2v) is 6.12. The average molecular weight is 303 g/mol. The smallest absolute Gasteiger partial charge is 0.249 e. The first-order chi connectivity index (χ1) is 11.1. The highest BCUT2D eigenvalue weighted by Crippen LogP contribution is 2.41. The summed E-state index contributed by atoms with van der Waals surface area (Å²) in [5.74, 6) is 0.0741. The SMILES string of the molecule is Cc1c(C(N)=O)cc(C2CC2)nc1-c1ccc2ncccc2c1. The molecule has 4 rings (SSSR count). The first kappa shape index (κ1) is 13.9. The van der Waals surface area contributed by atoms with Gasteiger partial charge in [0.2, 0.25) is 5.91 Å². The number of pyridine rings is 2. The van der Waals surface area contributed by atoms with Gasteiger partial charge in [0.05, 0.1) is 11.2 Å². The number of fused-ring (bicyclic) bond motifs is 1. The van der Waals surface area contributed by atoms with Crippen LogP contribution in [-0.2, 0) is 0 Å². The summed E-state index contributed by atoms with van der Waals surface area (Å²) in [5.41, 5.74) is 10.7. The predicted octanol–water partition coefficient (Wildman–Crippen LogP) is 3.58. The van der Waals surface area contributed by atoms with E-state index in [0.29, 0.717) is 11.5 Å². The zero-order chi connectivity index (χ0) is 16.0. The van der Waals surface area contributed by atoms with Crippen LogP contribution < -0.4 is 5.73 Å². The maximum atomic E-state index is 11.8. The van der Waals surface area contributed by atoms with Gasteiger partial charge in [0.15, 0.2) is 0 Å². The highest BCUT2D eigenvalue weighted by Gasteiger charge is 2.27. The minimum atomic E-state index is -0.393. The third-order valence-electron chi connectivity index (χ3n) is 4.43. The molecule has 1 amide bonds. The molecule has 0 radical (unpaired) electrons. The molecule has 1 aliphatic rings. The molecule has 1 aliphatic carbocycles. The Labute approximate surface area is 134 Å². The second-order valence-electron chi connectivity index (χ2n) is 6.12. The van der Waals surface area contributed by atoms with Gasteiger partial charge in [0.25, 0.3) is 0 Å². The van der Waals surface area contributed by atoms with Crippen molar-refractivity contribution in [1.82, 2.24) is 9.97 Å². The van der Waals surface area contributed by atoms with E-state index in [1.54, 1.807) is 6.20 Å². The maximum absolute atomic E-state index is 11.8. The van der Waals surface area contributed by atoms with Crippen molar-refractivity contribution in [2.45, 2.75) is 25.7 Å². The normalized spacial score (nSPS) is 14.1. The quantitative estimate of drug-likeness (QED) is 0.804. The summed E-state index contributed by atoms with van der Waals surface area (Å²) in [6.07, 6.45) is 4.05. The van der Waals surface area contributed by atoms with Crippen LogP contribution in [-0.4, -0.2) is 15.9 Å². The van der Waals surface area contributed by atoms with Crippen molar-refractivity contribution in [3.63, 3.8) is 0 Å². The van der Waals surface area contributed by atoms with E-state index in [1.165, 1.54) is 0 Å². The number of carbonyl (C=O) groups excluding carboxylic acids is 1. The van der Waals surface area contributed by atoms with Gasteiger partial charge >= 0.3 is 0 Å². The predicted molar refractivity (Wildman–Crippen MR) is 90.2 cm³/mol. The van der Waals surface area contributed by atoms with Crippen molar-refractivity contribution < 1.29 is 4.79 Å². The van der Waals surface area contributed by atoms with E-state index in [4.69, 9.17) is 10.7 Å². The highest BCUT2D eigenvalue weighted by atomic mass is 16.1. The number of primary amides is 1. The second kappa shape index (κ2) is 5.16. The first-order valence-electron chi connectivity index (χ1n) is 7.80. The minimum absolute atomic E-state index is 0.393. The van der Waals surface area contributed by atoms with Gasteiger partial charge in [-0.2, -0.15) is 0 Å². The van der Waals surface area contributed by atoms with E-state index in [2.05, 4.69) is 11.1 Å². The molecule has 114 valence electrons. The van der Waals surface area contributed by atoms with Gasteiger partial charge in [-0.05, 0) is 49.6 Å². The van der Waals surface area contributed by atoms with E-state index in [1.807, 2.05) is 37.3 Å². The van der Waals surface area contributed by atoms with Crippen LogP contribution in [0.1, 0.15) is 40.4 Å². The Hall–Kier alpha value is -2.75. The number of hydrogen-bond donors (Lipinski definition) is 1. The number of benzene rings is 1. The third-order valence-corrected chi connectivity index (χ3v) is 4.43. The molecule has 1 aromatic carbocycles. The highest BCUT2D eigenvalue weighted by molar-refractivity contribution is 5.96. The molecule has 2 aromatic heterocycles. The number of carbonyl (C=O) groups is 1. The summed E-state index contributed by atoms with van der Waals surface area (Å²) in [6, 6.07) is 11.9. The Morgan fingerprint density at radius 2 is 2.04 bits per heavy atom. The van der Waals surface area contributed by atoms with Gasteiger partial charge in [-0.25, -0.2) is 0 Å². The number of nitrogens with two attached hydrogens (primary N) is 1. The molecule has 2 heterocycles. The summed E-state index contributed by atoms with van der Waals surface area (Å²) in [6.45, 7) is 1.91. The zero-order valence-electron chi connectivity index (χ0n) is 12.9. The minimum Gasteiger partial charge on any atom is -0.366 e. The third kappa shape index (κ3) is 2.46. The molecule has 0 atom stereocenters. The number of aromatic nitrogens is 2. The largest absolute Gasteiger partial charge is 0.366 e. The summed E-state index contributed by atoms with van der Waals surface area (Å²) in [5, 5.41) is 1.06. The van der Waals surface area contributed by atoms with Gasteiger partial charge in [-0.3, -0.25) is 14.8 Å². The Balaban J connectivity index is 1.93. The van der Waals surface area contributed by atoms with Crippen LogP contribution in [0.15, 0.2) is 42.6 Å². The van der Waals surface area contributed by atoms with Gasteiger partial charge in [0.1, 0.15) is 0 Å². The number of nitrogens with zero attached hydrogens (tertiary/aromatic N) is 2. The molecule has 0 aliphatic heterocycles. The molecule has 0 spiro atoms. The van der Waals surface area contributed by atoms with E-state index < -0.39 is 5.91 Å². The van der Waals surface area contributed by atoms with Crippen LogP contribution in [0.5, 0.6) is 0 Å². The topological polar surface area (TPSA) is 68.9 Å². The van der Waals surface area contributed by atoms with E-state index in [0.717, 1.165) is 46.3 Å². The fraction of sp³-hybridized carbons (Fsp3) is 0.211. The standard InChI is InChI=1S/C19H17N3O/c1-11-15(19(20)23)10-17(12-4-5-12)22-18(11)14-6-7-16-13(9-14)3-2-8-21-16/h2-3,6-10,12H,4-5H2,1H3,(H2,20,23). The number of amides is 1. The molecule has 23 heavy (non-hydrogen) atoms. The van der Waals surface area contributed by atoms with Crippen LogP contribution in [0.25, 0.3) is 22.2 Å². The maximum Gasteiger partial charge on any atom is 0.249 e. The van der Waals surface area contributed by atoms with E-state index in [-0.39, 0.29) is 0 Å².